The molecule has 1 aromatic carbocycles. The Kier molecular flexibility index (Phi) is 3.72. The van der Waals surface area contributed by atoms with Crippen LogP contribution in [-0.2, 0) is 0 Å². The van der Waals surface area contributed by atoms with Crippen molar-refractivity contribution in [2.24, 2.45) is 0 Å². The van der Waals surface area contributed by atoms with Gasteiger partial charge in [-0.1, -0.05) is 18.2 Å². The van der Waals surface area contributed by atoms with Crippen molar-refractivity contribution in [1.29, 1.82) is 0 Å². The Labute approximate surface area is 84.8 Å². The van der Waals surface area contributed by atoms with Crippen molar-refractivity contribution >= 4 is 0 Å². The van der Waals surface area contributed by atoms with Crippen LogP contribution in [0.4, 0.5) is 0 Å². The number of aliphatic hydroxyl groups excluding tert-OH is 1. The summed E-state index contributed by atoms with van der Waals surface area (Å²) in [6.07, 6.45) is 1.37. The van der Waals surface area contributed by atoms with E-state index in [1.165, 1.54) is 0 Å². The van der Waals surface area contributed by atoms with Gasteiger partial charge in [0, 0.05) is 0 Å². The number of hydrogen-bond donors (Lipinski definition) is 1. The zero-order valence-electron chi connectivity index (χ0n) is 8.82. The average molecular weight is 192 g/mol. The number of aliphatic hydroxyl groups is 1. The van der Waals surface area contributed by atoms with Crippen molar-refractivity contribution in [3.63, 3.8) is 0 Å². The molecule has 0 spiro atoms. The summed E-state index contributed by atoms with van der Waals surface area (Å²) in [6, 6.07) is 7.47. The molecule has 0 aliphatic carbocycles. The lowest BCUT2D eigenvalue weighted by atomic mass is 10.0. The van der Waals surface area contributed by atoms with Crippen LogP contribution in [0.3, 0.4) is 0 Å². The molecule has 0 bridgehead atoms. The third kappa shape index (κ3) is 2.36. The molecule has 0 aliphatic rings. The van der Waals surface area contributed by atoms with Crippen LogP contribution in [0.1, 0.15) is 25.5 Å². The van der Waals surface area contributed by atoms with E-state index in [0.29, 0.717) is 0 Å². The lowest BCUT2D eigenvalue weighted by molar-refractivity contribution is 0.215. The molecule has 0 amide bonds. The fourth-order valence-corrected chi connectivity index (χ4v) is 1.23. The highest BCUT2D eigenvalue weighted by molar-refractivity contribution is 5.33. The maximum Gasteiger partial charge on any atom is 0.119 e. The summed E-state index contributed by atoms with van der Waals surface area (Å²) in [5.41, 5.74) is 1.80. The summed E-state index contributed by atoms with van der Waals surface area (Å²) in [6.45, 7) is 3.82. The predicted octanol–water partition coefficient (Wildman–Crippen LogP) is 2.69. The zero-order valence-corrected chi connectivity index (χ0v) is 8.82. The maximum absolute atomic E-state index is 9.89. The highest BCUT2D eigenvalue weighted by Crippen LogP contribution is 2.24. The minimum Gasteiger partial charge on any atom is -0.497 e. The fourth-order valence-electron chi connectivity index (χ4n) is 1.23. The highest BCUT2D eigenvalue weighted by atomic mass is 16.5. The summed E-state index contributed by atoms with van der Waals surface area (Å²) < 4.78 is 5.09. The molecule has 2 nitrogen and oxygen atoms in total. The topological polar surface area (TPSA) is 29.5 Å². The molecule has 0 fully saturated rings. The number of ether oxygens (including phenoxy) is 1. The van der Waals surface area contributed by atoms with Gasteiger partial charge in [0.2, 0.25) is 0 Å². The van der Waals surface area contributed by atoms with Crippen LogP contribution >= 0.6 is 0 Å². The van der Waals surface area contributed by atoms with Crippen molar-refractivity contribution in [1.82, 2.24) is 0 Å². The molecule has 0 radical (unpaired) electrons. The first kappa shape index (κ1) is 10.8. The summed E-state index contributed by atoms with van der Waals surface area (Å²) in [5, 5.41) is 9.89. The first-order valence-corrected chi connectivity index (χ1v) is 4.64. The molecule has 0 saturated carbocycles. The standard InChI is InChI=1S/C12H16O2/c1-4-9(2)12(13)10-6-5-7-11(8-10)14-3/h4-8,12-13H,1-3H3/b9-4+. The number of allylic oxidation sites excluding steroid dienone is 1. The lowest BCUT2D eigenvalue weighted by Gasteiger charge is -2.12. The Balaban J connectivity index is 2.95. The molecule has 76 valence electrons. The van der Waals surface area contributed by atoms with Crippen molar-refractivity contribution in [2.75, 3.05) is 7.11 Å². The third-order valence-electron chi connectivity index (χ3n) is 2.30. The zero-order chi connectivity index (χ0) is 10.6. The molecule has 0 saturated heterocycles. The molecule has 2 heteroatoms. The summed E-state index contributed by atoms with van der Waals surface area (Å²) in [4.78, 5) is 0. The molecule has 1 aromatic rings. The van der Waals surface area contributed by atoms with Crippen LogP contribution in [0.25, 0.3) is 0 Å². The Morgan fingerprint density at radius 1 is 1.50 bits per heavy atom. The van der Waals surface area contributed by atoms with Gasteiger partial charge >= 0.3 is 0 Å². The van der Waals surface area contributed by atoms with Gasteiger partial charge in [-0.2, -0.15) is 0 Å². The van der Waals surface area contributed by atoms with Gasteiger partial charge in [-0.15, -0.1) is 0 Å². The van der Waals surface area contributed by atoms with E-state index in [4.69, 9.17) is 4.74 Å². The van der Waals surface area contributed by atoms with E-state index in [9.17, 15) is 5.11 Å². The van der Waals surface area contributed by atoms with Crippen molar-refractivity contribution < 1.29 is 9.84 Å². The van der Waals surface area contributed by atoms with Crippen molar-refractivity contribution in [2.45, 2.75) is 20.0 Å². The average Bonchev–Trinajstić information content (AvgIpc) is 2.27. The van der Waals surface area contributed by atoms with Crippen LogP contribution in [0.15, 0.2) is 35.9 Å². The highest BCUT2D eigenvalue weighted by Gasteiger charge is 2.08. The normalized spacial score (nSPS) is 13.9. The molecule has 0 heterocycles. The van der Waals surface area contributed by atoms with E-state index in [1.807, 2.05) is 44.2 Å². The van der Waals surface area contributed by atoms with Gasteiger partial charge in [0.25, 0.3) is 0 Å². The lowest BCUT2D eigenvalue weighted by Crippen LogP contribution is -1.98. The molecule has 1 rings (SSSR count). The Morgan fingerprint density at radius 3 is 2.79 bits per heavy atom. The largest absolute Gasteiger partial charge is 0.497 e. The monoisotopic (exact) mass is 192 g/mol. The van der Waals surface area contributed by atoms with E-state index in [0.717, 1.165) is 16.9 Å². The van der Waals surface area contributed by atoms with Gasteiger partial charge in [-0.3, -0.25) is 0 Å². The van der Waals surface area contributed by atoms with Crippen LogP contribution in [0.2, 0.25) is 0 Å². The summed E-state index contributed by atoms with van der Waals surface area (Å²) in [7, 11) is 1.62. The quantitative estimate of drug-likeness (QED) is 0.746. The van der Waals surface area contributed by atoms with Gasteiger partial charge in [0.05, 0.1) is 13.2 Å². The van der Waals surface area contributed by atoms with E-state index in [-0.39, 0.29) is 0 Å². The minimum atomic E-state index is -0.532. The minimum absolute atomic E-state index is 0.532. The summed E-state index contributed by atoms with van der Waals surface area (Å²) in [5.74, 6) is 0.769. The van der Waals surface area contributed by atoms with E-state index in [1.54, 1.807) is 7.11 Å². The van der Waals surface area contributed by atoms with Crippen molar-refractivity contribution in [3.05, 3.63) is 41.5 Å². The van der Waals surface area contributed by atoms with Gasteiger partial charge in [-0.25, -0.2) is 0 Å². The van der Waals surface area contributed by atoms with E-state index in [2.05, 4.69) is 0 Å². The maximum atomic E-state index is 9.89. The van der Waals surface area contributed by atoms with Gasteiger partial charge in [0.1, 0.15) is 5.75 Å². The van der Waals surface area contributed by atoms with Gasteiger partial charge < -0.3 is 9.84 Å². The molecule has 0 aromatic heterocycles. The van der Waals surface area contributed by atoms with Crippen molar-refractivity contribution in [3.8, 4) is 5.75 Å². The Bertz CT molecular complexity index is 329. The summed E-state index contributed by atoms with van der Waals surface area (Å²) >= 11 is 0. The SMILES string of the molecule is C/C=C(\C)C(O)c1cccc(OC)c1. The molecule has 1 N–H and O–H groups in total. The molecular weight excluding hydrogens is 176 g/mol. The molecule has 1 atom stereocenters. The first-order chi connectivity index (χ1) is 6.69. The molecule has 1 unspecified atom stereocenters. The van der Waals surface area contributed by atoms with E-state index < -0.39 is 6.10 Å². The molecule has 0 aliphatic heterocycles. The van der Waals surface area contributed by atoms with Crippen LogP contribution in [0, 0.1) is 0 Å². The van der Waals surface area contributed by atoms with Gasteiger partial charge in [0.15, 0.2) is 0 Å². The molecule has 14 heavy (non-hydrogen) atoms. The smallest absolute Gasteiger partial charge is 0.119 e. The first-order valence-electron chi connectivity index (χ1n) is 4.64. The number of hydrogen-bond acceptors (Lipinski definition) is 2. The number of methoxy groups -OCH3 is 1. The second kappa shape index (κ2) is 4.82. The number of benzene rings is 1. The third-order valence-corrected chi connectivity index (χ3v) is 2.30. The number of rotatable bonds is 3. The van der Waals surface area contributed by atoms with E-state index >= 15 is 0 Å². The molecular formula is C12H16O2. The second-order valence-corrected chi connectivity index (χ2v) is 3.21. The second-order valence-electron chi connectivity index (χ2n) is 3.21. The van der Waals surface area contributed by atoms with Crippen LogP contribution in [0.5, 0.6) is 5.75 Å². The Hall–Kier alpha value is -1.28. The van der Waals surface area contributed by atoms with Crippen LogP contribution < -0.4 is 4.74 Å². The Morgan fingerprint density at radius 2 is 2.21 bits per heavy atom. The fraction of sp³-hybridized carbons (Fsp3) is 0.333. The van der Waals surface area contributed by atoms with Gasteiger partial charge in [-0.05, 0) is 37.1 Å². The predicted molar refractivity (Wildman–Crippen MR) is 57.4 cm³/mol. The van der Waals surface area contributed by atoms with Crippen LogP contribution in [-0.4, -0.2) is 12.2 Å².